The van der Waals surface area contributed by atoms with Crippen LogP contribution in [0.4, 0.5) is 10.5 Å². The van der Waals surface area contributed by atoms with Crippen molar-refractivity contribution >= 4 is 56.5 Å². The van der Waals surface area contributed by atoms with E-state index in [4.69, 9.17) is 4.74 Å². The van der Waals surface area contributed by atoms with E-state index in [1.807, 2.05) is 18.2 Å². The monoisotopic (exact) mass is 481 g/mol. The molecule has 156 valence electrons. The van der Waals surface area contributed by atoms with Crippen molar-refractivity contribution in [2.24, 2.45) is 0 Å². The summed E-state index contributed by atoms with van der Waals surface area (Å²) in [4.78, 5) is 42.6. The van der Waals surface area contributed by atoms with Crippen LogP contribution < -0.4 is 4.90 Å². The van der Waals surface area contributed by atoms with Gasteiger partial charge in [-0.05, 0) is 65.3 Å². The van der Waals surface area contributed by atoms with Crippen LogP contribution in [-0.2, 0) is 14.3 Å². The molecule has 0 N–H and O–H groups in total. The van der Waals surface area contributed by atoms with E-state index in [0.29, 0.717) is 31.2 Å². The van der Waals surface area contributed by atoms with Crippen molar-refractivity contribution < 1.29 is 19.1 Å². The van der Waals surface area contributed by atoms with Crippen molar-refractivity contribution in [2.75, 3.05) is 50.8 Å². The fourth-order valence-electron chi connectivity index (χ4n) is 3.27. The van der Waals surface area contributed by atoms with Gasteiger partial charge in [0.15, 0.2) is 0 Å². The molecule has 2 aliphatic heterocycles. The van der Waals surface area contributed by atoms with Gasteiger partial charge in [0.1, 0.15) is 6.54 Å². The molecule has 3 rings (SSSR count). The molecule has 1 aromatic rings. The summed E-state index contributed by atoms with van der Waals surface area (Å²) in [6.45, 7) is 7.67. The second-order valence-electron chi connectivity index (χ2n) is 6.64. The van der Waals surface area contributed by atoms with Gasteiger partial charge in [0.25, 0.3) is 11.1 Å². The second-order valence-corrected chi connectivity index (χ2v) is 8.49. The Morgan fingerprint density at radius 3 is 2.55 bits per heavy atom. The molecule has 0 saturated carbocycles. The molecule has 0 atom stereocenters. The van der Waals surface area contributed by atoms with Crippen molar-refractivity contribution in [3.8, 4) is 0 Å². The molecule has 1 aromatic carbocycles. The van der Waals surface area contributed by atoms with E-state index in [-0.39, 0.29) is 12.5 Å². The third-order valence-corrected chi connectivity index (χ3v) is 6.45. The number of amides is 3. The predicted molar refractivity (Wildman–Crippen MR) is 118 cm³/mol. The average molecular weight is 482 g/mol. The van der Waals surface area contributed by atoms with Crippen LogP contribution in [0.5, 0.6) is 0 Å². The first-order valence-electron chi connectivity index (χ1n) is 9.60. The molecule has 2 saturated heterocycles. The molecular weight excluding hydrogens is 458 g/mol. The molecule has 29 heavy (non-hydrogen) atoms. The third-order valence-electron chi connectivity index (χ3n) is 4.90. The molecule has 0 aliphatic carbocycles. The largest absolute Gasteiger partial charge is 0.378 e. The van der Waals surface area contributed by atoms with E-state index >= 15 is 0 Å². The van der Waals surface area contributed by atoms with Crippen LogP contribution in [0.25, 0.3) is 6.08 Å². The van der Waals surface area contributed by atoms with Crippen LogP contribution in [0.15, 0.2) is 27.6 Å². The van der Waals surface area contributed by atoms with Gasteiger partial charge >= 0.3 is 0 Å². The summed E-state index contributed by atoms with van der Waals surface area (Å²) >= 11 is 4.46. The zero-order valence-electron chi connectivity index (χ0n) is 16.5. The second kappa shape index (κ2) is 9.77. The standard InChI is InChI=1S/C20H24BrN3O4S/c1-3-22(4-2)16-6-5-14(11-15(16)21)12-17-19(26)24(20(27)29-17)13-18(25)23-7-9-28-10-8-23/h5-6,11-12H,3-4,7-10,13H2,1-2H3/b17-12+. The predicted octanol–water partition coefficient (Wildman–Crippen LogP) is 3.19. The quantitative estimate of drug-likeness (QED) is 0.581. The van der Waals surface area contributed by atoms with Crippen molar-refractivity contribution in [3.63, 3.8) is 0 Å². The topological polar surface area (TPSA) is 70.2 Å². The number of rotatable bonds is 6. The minimum atomic E-state index is -0.425. The Kier molecular flexibility index (Phi) is 7.37. The number of hydrogen-bond acceptors (Lipinski definition) is 6. The summed E-state index contributed by atoms with van der Waals surface area (Å²) in [6, 6.07) is 5.85. The van der Waals surface area contributed by atoms with E-state index in [9.17, 15) is 14.4 Å². The number of carbonyl (C=O) groups is 3. The van der Waals surface area contributed by atoms with Crippen molar-refractivity contribution in [1.82, 2.24) is 9.80 Å². The number of anilines is 1. The number of nitrogens with zero attached hydrogens (tertiary/aromatic N) is 3. The van der Waals surface area contributed by atoms with E-state index < -0.39 is 11.1 Å². The van der Waals surface area contributed by atoms with Crippen LogP contribution in [0.2, 0.25) is 0 Å². The fraction of sp³-hybridized carbons (Fsp3) is 0.450. The van der Waals surface area contributed by atoms with Crippen molar-refractivity contribution in [1.29, 1.82) is 0 Å². The third kappa shape index (κ3) is 5.02. The van der Waals surface area contributed by atoms with E-state index in [2.05, 4.69) is 34.7 Å². The fourth-order valence-corrected chi connectivity index (χ4v) is 4.75. The number of halogens is 1. The lowest BCUT2D eigenvalue weighted by Gasteiger charge is -2.28. The Morgan fingerprint density at radius 2 is 1.93 bits per heavy atom. The Morgan fingerprint density at radius 1 is 1.24 bits per heavy atom. The summed E-state index contributed by atoms with van der Waals surface area (Å²) in [7, 11) is 0. The number of imide groups is 1. The minimum absolute atomic E-state index is 0.230. The summed E-state index contributed by atoms with van der Waals surface area (Å²) < 4.78 is 6.16. The summed E-state index contributed by atoms with van der Waals surface area (Å²) in [5, 5.41) is -0.415. The number of ether oxygens (including phenoxy) is 1. The number of hydrogen-bond donors (Lipinski definition) is 0. The summed E-state index contributed by atoms with van der Waals surface area (Å²) in [5.74, 6) is -0.659. The van der Waals surface area contributed by atoms with Gasteiger partial charge in [-0.1, -0.05) is 6.07 Å². The smallest absolute Gasteiger partial charge is 0.294 e. The van der Waals surface area contributed by atoms with Crippen LogP contribution in [-0.4, -0.2) is 72.8 Å². The molecule has 0 aromatic heterocycles. The highest BCUT2D eigenvalue weighted by atomic mass is 79.9. The van der Waals surface area contributed by atoms with Gasteiger partial charge in [0, 0.05) is 30.7 Å². The number of benzene rings is 1. The summed E-state index contributed by atoms with van der Waals surface area (Å²) in [6.07, 6.45) is 1.70. The van der Waals surface area contributed by atoms with Crippen molar-refractivity contribution in [3.05, 3.63) is 33.1 Å². The maximum absolute atomic E-state index is 12.7. The first kappa shape index (κ1) is 21.9. The highest BCUT2D eigenvalue weighted by Crippen LogP contribution is 2.34. The van der Waals surface area contributed by atoms with Gasteiger partial charge in [-0.3, -0.25) is 19.3 Å². The maximum atomic E-state index is 12.7. The van der Waals surface area contributed by atoms with Gasteiger partial charge < -0.3 is 14.5 Å². The van der Waals surface area contributed by atoms with Crippen molar-refractivity contribution in [2.45, 2.75) is 13.8 Å². The molecule has 0 unspecified atom stereocenters. The molecule has 3 amide bonds. The SMILES string of the molecule is CCN(CC)c1ccc(/C=C2/SC(=O)N(CC(=O)N3CCOCC3)C2=O)cc1Br. The van der Waals surface area contributed by atoms with Gasteiger partial charge in [-0.2, -0.15) is 0 Å². The average Bonchev–Trinajstić information content (AvgIpc) is 2.98. The van der Waals surface area contributed by atoms with E-state index in [1.165, 1.54) is 0 Å². The molecule has 2 fully saturated rings. The zero-order valence-corrected chi connectivity index (χ0v) is 18.9. The zero-order chi connectivity index (χ0) is 21.0. The molecule has 7 nitrogen and oxygen atoms in total. The van der Waals surface area contributed by atoms with E-state index in [1.54, 1.807) is 11.0 Å². The molecule has 9 heteroatoms. The van der Waals surface area contributed by atoms with Gasteiger partial charge in [-0.15, -0.1) is 0 Å². The highest BCUT2D eigenvalue weighted by Gasteiger charge is 2.37. The molecular formula is C20H24BrN3O4S. The Labute approximate surface area is 183 Å². The molecule has 2 aliphatic rings. The lowest BCUT2D eigenvalue weighted by molar-refractivity contribution is -0.139. The first-order chi connectivity index (χ1) is 13.9. The molecule has 2 heterocycles. The minimum Gasteiger partial charge on any atom is -0.378 e. The Balaban J connectivity index is 1.72. The van der Waals surface area contributed by atoms with Crippen LogP contribution >= 0.6 is 27.7 Å². The highest BCUT2D eigenvalue weighted by molar-refractivity contribution is 9.10. The van der Waals surface area contributed by atoms with Gasteiger partial charge in [-0.25, -0.2) is 0 Å². The molecule has 0 bridgehead atoms. The summed E-state index contributed by atoms with van der Waals surface area (Å²) in [5.41, 5.74) is 1.90. The van der Waals surface area contributed by atoms with E-state index in [0.717, 1.165) is 45.5 Å². The Hall–Kier alpha value is -1.84. The first-order valence-corrected chi connectivity index (χ1v) is 11.2. The molecule has 0 radical (unpaired) electrons. The Bertz CT molecular complexity index is 835. The van der Waals surface area contributed by atoms with Gasteiger partial charge in [0.05, 0.1) is 23.8 Å². The van der Waals surface area contributed by atoms with Crippen LogP contribution in [0.1, 0.15) is 19.4 Å². The lowest BCUT2D eigenvalue weighted by atomic mass is 10.1. The normalized spacial score (nSPS) is 18.7. The number of morpholine rings is 1. The van der Waals surface area contributed by atoms with Gasteiger partial charge in [0.2, 0.25) is 5.91 Å². The number of carbonyl (C=O) groups excluding carboxylic acids is 3. The maximum Gasteiger partial charge on any atom is 0.294 e. The number of thioether (sulfide) groups is 1. The van der Waals surface area contributed by atoms with Crippen LogP contribution in [0, 0.1) is 0 Å². The lowest BCUT2D eigenvalue weighted by Crippen LogP contribution is -2.46. The molecule has 0 spiro atoms. The van der Waals surface area contributed by atoms with Crippen LogP contribution in [0.3, 0.4) is 0 Å².